The minimum absolute atomic E-state index is 0.248. The van der Waals surface area contributed by atoms with Crippen LogP contribution >= 0.6 is 27.5 Å². The van der Waals surface area contributed by atoms with Gasteiger partial charge in [0.15, 0.2) is 0 Å². The van der Waals surface area contributed by atoms with Crippen LogP contribution in [0.3, 0.4) is 0 Å². The largest absolute Gasteiger partial charge is 0.386 e. The summed E-state index contributed by atoms with van der Waals surface area (Å²) in [4.78, 5) is 0. The minimum Gasteiger partial charge on any atom is -0.386 e. The molecule has 114 valence electrons. The third-order valence-corrected chi connectivity index (χ3v) is 3.57. The molecule has 0 heterocycles. The van der Waals surface area contributed by atoms with Crippen molar-refractivity contribution in [3.8, 4) is 0 Å². The summed E-state index contributed by atoms with van der Waals surface area (Å²) >= 11 is 8.54. The lowest BCUT2D eigenvalue weighted by Crippen LogP contribution is -2.33. The maximum absolute atomic E-state index is 13.7. The zero-order chi connectivity index (χ0) is 15.5. The van der Waals surface area contributed by atoms with Crippen LogP contribution in [0.25, 0.3) is 0 Å². The molecule has 1 aromatic rings. The molecule has 0 bridgehead atoms. The average Bonchev–Trinajstić information content (AvgIpc) is 2.35. The van der Waals surface area contributed by atoms with Crippen LogP contribution in [0, 0.1) is 5.82 Å². The lowest BCUT2D eigenvalue weighted by Gasteiger charge is -2.18. The number of ether oxygens (including phenoxy) is 1. The fourth-order valence-electron chi connectivity index (χ4n) is 1.26. The summed E-state index contributed by atoms with van der Waals surface area (Å²) in [5.74, 6) is -5.27. The van der Waals surface area contributed by atoms with Crippen LogP contribution in [0.5, 0.6) is 0 Å². The van der Waals surface area contributed by atoms with Crippen LogP contribution < -0.4 is 0 Å². The van der Waals surface area contributed by atoms with Crippen LogP contribution in [0.1, 0.15) is 11.7 Å². The van der Waals surface area contributed by atoms with Crippen LogP contribution in [-0.2, 0) is 4.74 Å². The maximum Gasteiger partial charge on any atom is 0.330 e. The second kappa shape index (κ2) is 7.02. The SMILES string of the molecule is OC(COCC(F)(F)C(F)F)c1ccc(Br)c(Cl)c1F. The molecule has 1 rings (SSSR count). The molecule has 0 spiro atoms. The van der Waals surface area contributed by atoms with Gasteiger partial charge in [-0.15, -0.1) is 0 Å². The van der Waals surface area contributed by atoms with E-state index in [-0.39, 0.29) is 15.1 Å². The number of hydrogen-bond donors (Lipinski definition) is 1. The molecule has 0 radical (unpaired) electrons. The molecule has 0 saturated carbocycles. The highest BCUT2D eigenvalue weighted by Crippen LogP contribution is 2.31. The maximum atomic E-state index is 13.7. The molecule has 9 heteroatoms. The van der Waals surface area contributed by atoms with Gasteiger partial charge in [0.2, 0.25) is 0 Å². The van der Waals surface area contributed by atoms with Gasteiger partial charge >= 0.3 is 12.3 Å². The molecular formula is C11H9BrClF5O2. The molecule has 1 unspecified atom stereocenters. The van der Waals surface area contributed by atoms with Gasteiger partial charge in [-0.2, -0.15) is 8.78 Å². The molecule has 0 aromatic heterocycles. The first-order valence-electron chi connectivity index (χ1n) is 5.22. The smallest absolute Gasteiger partial charge is 0.330 e. The van der Waals surface area contributed by atoms with Gasteiger partial charge in [0, 0.05) is 10.0 Å². The molecule has 0 saturated heterocycles. The normalized spacial score (nSPS) is 13.8. The fraction of sp³-hybridized carbons (Fsp3) is 0.455. The number of aliphatic hydroxyl groups is 1. The van der Waals surface area contributed by atoms with Gasteiger partial charge in [-0.05, 0) is 22.0 Å². The molecular weight excluding hydrogens is 374 g/mol. The standard InChI is InChI=1S/C11H9BrClF5O2/c12-6-2-1-5(9(14)8(6)13)7(19)3-20-4-11(17,18)10(15)16/h1-2,7,10,19H,3-4H2. The molecule has 0 aliphatic heterocycles. The van der Waals surface area contributed by atoms with Crippen molar-refractivity contribution in [3.63, 3.8) is 0 Å². The van der Waals surface area contributed by atoms with Gasteiger partial charge in [-0.25, -0.2) is 13.2 Å². The summed E-state index contributed by atoms with van der Waals surface area (Å²) < 4.78 is 67.0. The van der Waals surface area contributed by atoms with Gasteiger partial charge in [0.25, 0.3) is 0 Å². The Morgan fingerprint density at radius 2 is 1.95 bits per heavy atom. The summed E-state index contributed by atoms with van der Waals surface area (Å²) in [6.07, 6.45) is -5.48. The predicted octanol–water partition coefficient (Wildman–Crippen LogP) is 4.19. The topological polar surface area (TPSA) is 29.5 Å². The minimum atomic E-state index is -4.32. The summed E-state index contributed by atoms with van der Waals surface area (Å²) in [7, 11) is 0. The van der Waals surface area contributed by atoms with Crippen molar-refractivity contribution in [2.24, 2.45) is 0 Å². The van der Waals surface area contributed by atoms with E-state index >= 15 is 0 Å². The highest BCUT2D eigenvalue weighted by Gasteiger charge is 2.41. The highest BCUT2D eigenvalue weighted by atomic mass is 79.9. The van der Waals surface area contributed by atoms with Crippen molar-refractivity contribution in [1.82, 2.24) is 0 Å². The first-order chi connectivity index (χ1) is 9.16. The monoisotopic (exact) mass is 382 g/mol. The van der Waals surface area contributed by atoms with Crippen molar-refractivity contribution in [3.05, 3.63) is 33.0 Å². The Bertz CT molecular complexity index is 472. The Kier molecular flexibility index (Phi) is 6.18. The molecule has 0 aliphatic rings. The number of benzene rings is 1. The molecule has 0 aliphatic carbocycles. The van der Waals surface area contributed by atoms with Crippen molar-refractivity contribution in [1.29, 1.82) is 0 Å². The lowest BCUT2D eigenvalue weighted by molar-refractivity contribution is -0.170. The van der Waals surface area contributed by atoms with E-state index in [0.717, 1.165) is 0 Å². The zero-order valence-corrected chi connectivity index (χ0v) is 12.1. The average molecular weight is 384 g/mol. The second-order valence-electron chi connectivity index (χ2n) is 3.86. The summed E-state index contributed by atoms with van der Waals surface area (Å²) in [6.45, 7) is -2.34. The van der Waals surface area contributed by atoms with Crippen molar-refractivity contribution in [2.45, 2.75) is 18.5 Å². The van der Waals surface area contributed by atoms with E-state index in [1.165, 1.54) is 12.1 Å². The van der Waals surface area contributed by atoms with Crippen LogP contribution in [0.15, 0.2) is 16.6 Å². The third kappa shape index (κ3) is 4.28. The van der Waals surface area contributed by atoms with E-state index in [2.05, 4.69) is 20.7 Å². The van der Waals surface area contributed by atoms with E-state index in [0.29, 0.717) is 0 Å². The van der Waals surface area contributed by atoms with Gasteiger partial charge in [-0.1, -0.05) is 17.7 Å². The molecule has 1 N–H and O–H groups in total. The molecule has 1 aromatic carbocycles. The van der Waals surface area contributed by atoms with Crippen LogP contribution in [-0.4, -0.2) is 30.7 Å². The number of halogens is 7. The Balaban J connectivity index is 2.65. The molecule has 0 amide bonds. The lowest BCUT2D eigenvalue weighted by atomic mass is 10.1. The first kappa shape index (κ1) is 17.6. The van der Waals surface area contributed by atoms with E-state index in [4.69, 9.17) is 11.6 Å². The summed E-state index contributed by atoms with van der Waals surface area (Å²) in [6, 6.07) is 2.52. The van der Waals surface area contributed by atoms with Crippen molar-refractivity contribution >= 4 is 27.5 Å². The van der Waals surface area contributed by atoms with Gasteiger partial charge in [-0.3, -0.25) is 0 Å². The molecule has 1 atom stereocenters. The van der Waals surface area contributed by atoms with Crippen molar-refractivity contribution in [2.75, 3.05) is 13.2 Å². The number of rotatable bonds is 6. The first-order valence-corrected chi connectivity index (χ1v) is 6.39. The quantitative estimate of drug-likeness (QED) is 0.590. The van der Waals surface area contributed by atoms with E-state index in [1.807, 2.05) is 0 Å². The molecule has 20 heavy (non-hydrogen) atoms. The Morgan fingerprint density at radius 1 is 1.35 bits per heavy atom. The predicted molar refractivity (Wildman–Crippen MR) is 65.8 cm³/mol. The van der Waals surface area contributed by atoms with Gasteiger partial charge in [0.05, 0.1) is 11.6 Å². The fourth-order valence-corrected chi connectivity index (χ4v) is 1.74. The van der Waals surface area contributed by atoms with E-state index in [9.17, 15) is 27.1 Å². The number of aliphatic hydroxyl groups excluding tert-OH is 1. The Hall–Kier alpha value is -0.440. The summed E-state index contributed by atoms with van der Waals surface area (Å²) in [5.41, 5.74) is -0.279. The highest BCUT2D eigenvalue weighted by molar-refractivity contribution is 9.10. The zero-order valence-electron chi connectivity index (χ0n) is 9.72. The molecule has 0 fully saturated rings. The third-order valence-electron chi connectivity index (χ3n) is 2.31. The van der Waals surface area contributed by atoms with Gasteiger partial charge in [0.1, 0.15) is 18.5 Å². The molecule has 2 nitrogen and oxygen atoms in total. The Labute approximate surface area is 124 Å². The van der Waals surface area contributed by atoms with Crippen LogP contribution in [0.4, 0.5) is 22.0 Å². The Morgan fingerprint density at radius 3 is 2.50 bits per heavy atom. The number of hydrogen-bond acceptors (Lipinski definition) is 2. The van der Waals surface area contributed by atoms with E-state index in [1.54, 1.807) is 0 Å². The summed E-state index contributed by atoms with van der Waals surface area (Å²) in [5, 5.41) is 9.29. The van der Waals surface area contributed by atoms with Gasteiger partial charge < -0.3 is 9.84 Å². The van der Waals surface area contributed by atoms with Crippen molar-refractivity contribution < 1.29 is 31.8 Å². The second-order valence-corrected chi connectivity index (χ2v) is 5.09. The number of alkyl halides is 4. The van der Waals surface area contributed by atoms with E-state index < -0.39 is 37.5 Å². The van der Waals surface area contributed by atoms with Crippen LogP contribution in [0.2, 0.25) is 5.02 Å².